The molecule has 166 valence electrons. The molecule has 3 aromatic rings. The van der Waals surface area contributed by atoms with E-state index in [0.29, 0.717) is 32.0 Å². The van der Waals surface area contributed by atoms with Crippen LogP contribution in [0, 0.1) is 6.92 Å². The summed E-state index contributed by atoms with van der Waals surface area (Å²) in [6, 6.07) is 15.4. The zero-order valence-electron chi connectivity index (χ0n) is 18.3. The monoisotopic (exact) mass is 434 g/mol. The Morgan fingerprint density at radius 2 is 1.59 bits per heavy atom. The molecule has 2 aliphatic rings. The van der Waals surface area contributed by atoms with Crippen LogP contribution in [-0.2, 0) is 0 Å². The molecule has 1 aromatic heterocycles. The van der Waals surface area contributed by atoms with E-state index in [-0.39, 0.29) is 5.91 Å². The summed E-state index contributed by atoms with van der Waals surface area (Å²) in [7, 11) is 1.63. The lowest BCUT2D eigenvalue weighted by Gasteiger charge is -2.36. The number of piperazine rings is 1. The Kier molecular flexibility index (Phi) is 5.34. The third-order valence-corrected chi connectivity index (χ3v) is 5.83. The highest BCUT2D eigenvalue weighted by atomic mass is 16.6. The van der Waals surface area contributed by atoms with Crippen LogP contribution in [0.1, 0.15) is 16.2 Å². The summed E-state index contributed by atoms with van der Waals surface area (Å²) in [5.41, 5.74) is 3.29. The van der Waals surface area contributed by atoms with Crippen molar-refractivity contribution in [2.75, 3.05) is 51.4 Å². The molecule has 3 heterocycles. The lowest BCUT2D eigenvalue weighted by atomic mass is 10.2. The second-order valence-electron chi connectivity index (χ2n) is 7.89. The third-order valence-electron chi connectivity index (χ3n) is 5.83. The molecule has 8 nitrogen and oxygen atoms in total. The zero-order chi connectivity index (χ0) is 22.1. The van der Waals surface area contributed by atoms with Crippen LogP contribution >= 0.6 is 0 Å². The largest absolute Gasteiger partial charge is 0.497 e. The normalized spacial score (nSPS) is 15.6. The first-order valence-corrected chi connectivity index (χ1v) is 10.8. The molecular weight excluding hydrogens is 408 g/mol. The maximum Gasteiger partial charge on any atom is 0.272 e. The van der Waals surface area contributed by atoms with Gasteiger partial charge in [0.2, 0.25) is 0 Å². The zero-order valence-corrected chi connectivity index (χ0v) is 18.3. The number of carbonyl (C=O) groups is 1. The van der Waals surface area contributed by atoms with Gasteiger partial charge in [-0.1, -0.05) is 0 Å². The first-order valence-electron chi connectivity index (χ1n) is 10.8. The number of fused-ring (bicyclic) bond motifs is 1. The van der Waals surface area contributed by atoms with Crippen LogP contribution < -0.4 is 19.1 Å². The summed E-state index contributed by atoms with van der Waals surface area (Å²) in [5.74, 6) is 2.33. The third kappa shape index (κ3) is 3.84. The van der Waals surface area contributed by atoms with Crippen molar-refractivity contribution in [1.29, 1.82) is 0 Å². The standard InChI is InChI=1S/C24H26N4O4/c1-17-15-21(28(25-17)18-3-6-20(30-2)7-4-18)24(29)27-11-9-26(10-12-27)19-5-8-22-23(16-19)32-14-13-31-22/h3-8,15-16H,9-14H2,1-2H3. The molecule has 8 heteroatoms. The molecule has 2 aromatic carbocycles. The molecule has 0 atom stereocenters. The molecule has 0 aliphatic carbocycles. The summed E-state index contributed by atoms with van der Waals surface area (Å²) >= 11 is 0. The lowest BCUT2D eigenvalue weighted by molar-refractivity contribution is 0.0737. The molecule has 0 bridgehead atoms. The maximum absolute atomic E-state index is 13.4. The fraction of sp³-hybridized carbons (Fsp3) is 0.333. The predicted octanol–water partition coefficient (Wildman–Crippen LogP) is 2.92. The van der Waals surface area contributed by atoms with E-state index in [2.05, 4.69) is 10.00 Å². The summed E-state index contributed by atoms with van der Waals surface area (Å²) in [4.78, 5) is 17.5. The van der Waals surface area contributed by atoms with Crippen molar-refractivity contribution in [2.24, 2.45) is 0 Å². The predicted molar refractivity (Wildman–Crippen MR) is 120 cm³/mol. The average molecular weight is 434 g/mol. The van der Waals surface area contributed by atoms with E-state index in [1.54, 1.807) is 11.8 Å². The summed E-state index contributed by atoms with van der Waals surface area (Å²) in [5, 5.41) is 4.55. The van der Waals surface area contributed by atoms with Crippen molar-refractivity contribution in [2.45, 2.75) is 6.92 Å². The van der Waals surface area contributed by atoms with E-state index in [4.69, 9.17) is 14.2 Å². The van der Waals surface area contributed by atoms with Gasteiger partial charge < -0.3 is 24.0 Å². The molecule has 32 heavy (non-hydrogen) atoms. The number of anilines is 1. The molecule has 0 spiro atoms. The number of rotatable bonds is 4. The second kappa shape index (κ2) is 8.45. The van der Waals surface area contributed by atoms with Gasteiger partial charge in [-0.3, -0.25) is 4.79 Å². The highest BCUT2D eigenvalue weighted by molar-refractivity contribution is 5.93. The number of amides is 1. The number of aromatic nitrogens is 2. The molecule has 0 radical (unpaired) electrons. The topological polar surface area (TPSA) is 69.1 Å². The van der Waals surface area contributed by atoms with Crippen LogP contribution in [0.2, 0.25) is 0 Å². The number of hydrogen-bond donors (Lipinski definition) is 0. The van der Waals surface area contributed by atoms with Gasteiger partial charge in [0, 0.05) is 37.9 Å². The molecule has 2 aliphatic heterocycles. The average Bonchev–Trinajstić information content (AvgIpc) is 3.25. The number of nitrogens with zero attached hydrogens (tertiary/aromatic N) is 4. The summed E-state index contributed by atoms with van der Waals surface area (Å²) in [6.45, 7) is 5.83. The van der Waals surface area contributed by atoms with Gasteiger partial charge in [0.15, 0.2) is 11.5 Å². The highest BCUT2D eigenvalue weighted by Crippen LogP contribution is 2.34. The number of aryl methyl sites for hydroxylation is 1. The van der Waals surface area contributed by atoms with Crippen molar-refractivity contribution in [3.63, 3.8) is 0 Å². The van der Waals surface area contributed by atoms with Gasteiger partial charge in [0.25, 0.3) is 5.91 Å². The minimum Gasteiger partial charge on any atom is -0.497 e. The Bertz CT molecular complexity index is 1120. The molecule has 1 saturated heterocycles. The van der Waals surface area contributed by atoms with Crippen LogP contribution in [0.5, 0.6) is 17.2 Å². The van der Waals surface area contributed by atoms with Crippen LogP contribution in [0.4, 0.5) is 5.69 Å². The number of ether oxygens (including phenoxy) is 3. The van der Waals surface area contributed by atoms with Crippen molar-refractivity contribution >= 4 is 11.6 Å². The molecule has 5 rings (SSSR count). The van der Waals surface area contributed by atoms with Crippen molar-refractivity contribution in [3.05, 3.63) is 59.9 Å². The van der Waals surface area contributed by atoms with Crippen LogP contribution in [0.25, 0.3) is 5.69 Å². The Labute approximate surface area is 186 Å². The van der Waals surface area contributed by atoms with Gasteiger partial charge >= 0.3 is 0 Å². The van der Waals surface area contributed by atoms with E-state index in [1.807, 2.05) is 60.4 Å². The summed E-state index contributed by atoms with van der Waals surface area (Å²) in [6.07, 6.45) is 0. The van der Waals surface area contributed by atoms with Gasteiger partial charge in [0.05, 0.1) is 18.5 Å². The second-order valence-corrected chi connectivity index (χ2v) is 7.89. The first kappa shape index (κ1) is 20.2. The lowest BCUT2D eigenvalue weighted by Crippen LogP contribution is -2.49. The maximum atomic E-state index is 13.4. The SMILES string of the molecule is COc1ccc(-n2nc(C)cc2C(=O)N2CCN(c3ccc4c(c3)OCCO4)CC2)cc1. The van der Waals surface area contributed by atoms with Crippen molar-refractivity contribution in [3.8, 4) is 22.9 Å². The Balaban J connectivity index is 1.30. The Morgan fingerprint density at radius 3 is 2.31 bits per heavy atom. The number of methoxy groups -OCH3 is 1. The molecule has 1 amide bonds. The minimum absolute atomic E-state index is 0.0109. The molecule has 0 unspecified atom stereocenters. The van der Waals surface area contributed by atoms with Gasteiger partial charge in [-0.2, -0.15) is 5.10 Å². The van der Waals surface area contributed by atoms with Crippen LogP contribution in [0.15, 0.2) is 48.5 Å². The van der Waals surface area contributed by atoms with Gasteiger partial charge in [-0.25, -0.2) is 4.68 Å². The van der Waals surface area contributed by atoms with E-state index in [0.717, 1.165) is 47.4 Å². The van der Waals surface area contributed by atoms with Gasteiger partial charge in [0.1, 0.15) is 24.7 Å². The smallest absolute Gasteiger partial charge is 0.272 e. The van der Waals surface area contributed by atoms with Crippen molar-refractivity contribution < 1.29 is 19.0 Å². The number of hydrogen-bond acceptors (Lipinski definition) is 6. The van der Waals surface area contributed by atoms with Gasteiger partial charge in [-0.15, -0.1) is 0 Å². The highest BCUT2D eigenvalue weighted by Gasteiger charge is 2.26. The molecule has 0 N–H and O–H groups in total. The van der Waals surface area contributed by atoms with Crippen LogP contribution in [-0.4, -0.2) is 67.1 Å². The summed E-state index contributed by atoms with van der Waals surface area (Å²) < 4.78 is 18.3. The quantitative estimate of drug-likeness (QED) is 0.629. The number of carbonyl (C=O) groups excluding carboxylic acids is 1. The molecule has 1 fully saturated rings. The van der Waals surface area contributed by atoms with E-state index >= 15 is 0 Å². The van der Waals surface area contributed by atoms with E-state index in [9.17, 15) is 4.79 Å². The van der Waals surface area contributed by atoms with Crippen molar-refractivity contribution in [1.82, 2.24) is 14.7 Å². The Hall–Kier alpha value is -3.68. The first-order chi connectivity index (χ1) is 15.6. The molecular formula is C24H26N4O4. The Morgan fingerprint density at radius 1 is 0.906 bits per heavy atom. The van der Waals surface area contributed by atoms with E-state index < -0.39 is 0 Å². The fourth-order valence-electron chi connectivity index (χ4n) is 4.13. The minimum atomic E-state index is -0.0109. The van der Waals surface area contributed by atoms with Crippen LogP contribution in [0.3, 0.4) is 0 Å². The molecule has 0 saturated carbocycles. The van der Waals surface area contributed by atoms with Gasteiger partial charge in [-0.05, 0) is 49.4 Å². The fourth-order valence-corrected chi connectivity index (χ4v) is 4.13. The van der Waals surface area contributed by atoms with E-state index in [1.165, 1.54) is 0 Å². The number of benzene rings is 2.